The Bertz CT molecular complexity index is 885. The van der Waals surface area contributed by atoms with Crippen LogP contribution in [-0.4, -0.2) is 23.6 Å². The lowest BCUT2D eigenvalue weighted by atomic mass is 10.1. The van der Waals surface area contributed by atoms with E-state index in [1.165, 1.54) is 7.11 Å². The van der Waals surface area contributed by atoms with Gasteiger partial charge in [-0.25, -0.2) is 4.79 Å². The van der Waals surface area contributed by atoms with Crippen LogP contribution in [0, 0.1) is 6.92 Å². The Morgan fingerprint density at radius 2 is 1.71 bits per heavy atom. The lowest BCUT2D eigenvalue weighted by Crippen LogP contribution is -2.16. The molecule has 1 aromatic heterocycles. The molecule has 0 bridgehead atoms. The number of para-hydroxylation sites is 1. The van der Waals surface area contributed by atoms with Gasteiger partial charge in [0.05, 0.1) is 12.7 Å². The van der Waals surface area contributed by atoms with E-state index in [-0.39, 0.29) is 5.91 Å². The van der Waals surface area contributed by atoms with E-state index in [0.717, 1.165) is 16.5 Å². The van der Waals surface area contributed by atoms with Gasteiger partial charge >= 0.3 is 5.97 Å². The predicted octanol–water partition coefficient (Wildman–Crippen LogP) is 3.53. The summed E-state index contributed by atoms with van der Waals surface area (Å²) in [6, 6.07) is 14.5. The molecule has 0 atom stereocenters. The predicted molar refractivity (Wildman–Crippen MR) is 93.4 cm³/mol. The molecule has 3 rings (SSSR count). The van der Waals surface area contributed by atoms with Crippen molar-refractivity contribution in [1.82, 2.24) is 4.57 Å². The molecule has 0 aliphatic rings. The lowest BCUT2D eigenvalue weighted by Gasteiger charge is -2.08. The average molecular weight is 322 g/mol. The summed E-state index contributed by atoms with van der Waals surface area (Å²) in [5.41, 5.74) is 3.64. The molecule has 0 saturated heterocycles. The number of aromatic nitrogens is 1. The van der Waals surface area contributed by atoms with Crippen molar-refractivity contribution in [2.45, 2.75) is 6.92 Å². The van der Waals surface area contributed by atoms with Crippen LogP contribution in [0.5, 0.6) is 0 Å². The molecule has 2 aromatic carbocycles. The number of fused-ring (bicyclic) bond motifs is 1. The van der Waals surface area contributed by atoms with E-state index in [1.54, 1.807) is 24.3 Å². The van der Waals surface area contributed by atoms with Crippen molar-refractivity contribution in [3.8, 4) is 0 Å². The lowest BCUT2D eigenvalue weighted by molar-refractivity contribution is 0.0600. The van der Waals surface area contributed by atoms with E-state index in [1.807, 2.05) is 42.8 Å². The highest BCUT2D eigenvalue weighted by molar-refractivity contribution is 6.08. The van der Waals surface area contributed by atoms with Crippen molar-refractivity contribution in [1.29, 1.82) is 0 Å². The molecule has 24 heavy (non-hydrogen) atoms. The van der Waals surface area contributed by atoms with Crippen molar-refractivity contribution in [2.24, 2.45) is 7.05 Å². The Morgan fingerprint density at radius 1 is 1.04 bits per heavy atom. The number of anilines is 1. The van der Waals surface area contributed by atoms with Crippen LogP contribution >= 0.6 is 0 Å². The molecule has 0 aliphatic heterocycles. The summed E-state index contributed by atoms with van der Waals surface area (Å²) < 4.78 is 6.55. The number of methoxy groups -OCH3 is 1. The molecule has 0 fully saturated rings. The van der Waals surface area contributed by atoms with Crippen LogP contribution in [0.2, 0.25) is 0 Å². The molecule has 5 nitrogen and oxygen atoms in total. The monoisotopic (exact) mass is 322 g/mol. The highest BCUT2D eigenvalue weighted by atomic mass is 16.5. The SMILES string of the molecule is COC(=O)c1ccc(NC(=O)c2c(C)c3ccccc3n2C)cc1. The smallest absolute Gasteiger partial charge is 0.337 e. The number of nitrogens with zero attached hydrogens (tertiary/aromatic N) is 1. The van der Waals surface area contributed by atoms with Gasteiger partial charge < -0.3 is 14.6 Å². The molecule has 5 heteroatoms. The zero-order chi connectivity index (χ0) is 17.3. The Balaban J connectivity index is 1.89. The van der Waals surface area contributed by atoms with Gasteiger partial charge in [0.15, 0.2) is 0 Å². The van der Waals surface area contributed by atoms with E-state index in [2.05, 4.69) is 10.1 Å². The van der Waals surface area contributed by atoms with Crippen molar-refractivity contribution in [2.75, 3.05) is 12.4 Å². The third-order valence-corrected chi connectivity index (χ3v) is 4.14. The number of rotatable bonds is 3. The van der Waals surface area contributed by atoms with Crippen LogP contribution in [0.25, 0.3) is 10.9 Å². The summed E-state index contributed by atoms with van der Waals surface area (Å²) in [5.74, 6) is -0.588. The molecule has 3 aromatic rings. The van der Waals surface area contributed by atoms with E-state index in [9.17, 15) is 9.59 Å². The van der Waals surface area contributed by atoms with Gasteiger partial charge in [0.2, 0.25) is 0 Å². The summed E-state index contributed by atoms with van der Waals surface area (Å²) in [7, 11) is 3.21. The highest BCUT2D eigenvalue weighted by Crippen LogP contribution is 2.25. The van der Waals surface area contributed by atoms with Gasteiger partial charge in [-0.05, 0) is 42.8 Å². The summed E-state index contributed by atoms with van der Waals surface area (Å²) in [4.78, 5) is 24.1. The van der Waals surface area contributed by atoms with E-state index < -0.39 is 5.97 Å². The molecule has 122 valence electrons. The average Bonchev–Trinajstić information content (AvgIpc) is 2.86. The molecule has 1 N–H and O–H groups in total. The van der Waals surface area contributed by atoms with Crippen LogP contribution in [0.4, 0.5) is 5.69 Å². The van der Waals surface area contributed by atoms with Gasteiger partial charge in [0.25, 0.3) is 5.91 Å². The molecule has 0 aliphatic carbocycles. The van der Waals surface area contributed by atoms with Crippen molar-refractivity contribution < 1.29 is 14.3 Å². The first-order chi connectivity index (χ1) is 11.5. The number of esters is 1. The quantitative estimate of drug-likeness (QED) is 0.751. The summed E-state index contributed by atoms with van der Waals surface area (Å²) in [5, 5.41) is 3.93. The first-order valence-corrected chi connectivity index (χ1v) is 7.56. The maximum Gasteiger partial charge on any atom is 0.337 e. The normalized spacial score (nSPS) is 10.6. The van der Waals surface area contributed by atoms with Gasteiger partial charge in [-0.1, -0.05) is 18.2 Å². The Hall–Kier alpha value is -3.08. The van der Waals surface area contributed by atoms with E-state index in [0.29, 0.717) is 16.9 Å². The van der Waals surface area contributed by atoms with Gasteiger partial charge in [-0.3, -0.25) is 4.79 Å². The Kier molecular flexibility index (Phi) is 4.08. The Labute approximate surface area is 139 Å². The Morgan fingerprint density at radius 3 is 2.33 bits per heavy atom. The molecule has 1 heterocycles. The van der Waals surface area contributed by atoms with Crippen LogP contribution in [0.1, 0.15) is 26.4 Å². The van der Waals surface area contributed by atoms with Crippen LogP contribution < -0.4 is 5.32 Å². The van der Waals surface area contributed by atoms with Crippen molar-refractivity contribution in [3.63, 3.8) is 0 Å². The first kappa shape index (κ1) is 15.8. The van der Waals surface area contributed by atoms with E-state index in [4.69, 9.17) is 0 Å². The van der Waals surface area contributed by atoms with Gasteiger partial charge in [-0.15, -0.1) is 0 Å². The zero-order valence-corrected chi connectivity index (χ0v) is 13.8. The molecule has 0 radical (unpaired) electrons. The summed E-state index contributed by atoms with van der Waals surface area (Å²) >= 11 is 0. The zero-order valence-electron chi connectivity index (χ0n) is 13.8. The first-order valence-electron chi connectivity index (χ1n) is 7.56. The number of nitrogens with one attached hydrogen (secondary N) is 1. The van der Waals surface area contributed by atoms with Gasteiger partial charge in [-0.2, -0.15) is 0 Å². The van der Waals surface area contributed by atoms with E-state index >= 15 is 0 Å². The molecular formula is C19H18N2O3. The fraction of sp³-hybridized carbons (Fsp3) is 0.158. The fourth-order valence-electron chi connectivity index (χ4n) is 2.90. The van der Waals surface area contributed by atoms with Gasteiger partial charge in [0.1, 0.15) is 5.69 Å². The largest absolute Gasteiger partial charge is 0.465 e. The molecule has 1 amide bonds. The minimum Gasteiger partial charge on any atom is -0.465 e. The second kappa shape index (κ2) is 6.20. The maximum atomic E-state index is 12.7. The van der Waals surface area contributed by atoms with Crippen molar-refractivity contribution >= 4 is 28.5 Å². The minimum absolute atomic E-state index is 0.183. The number of benzene rings is 2. The third-order valence-electron chi connectivity index (χ3n) is 4.14. The molecule has 0 unspecified atom stereocenters. The minimum atomic E-state index is -0.405. The number of hydrogen-bond donors (Lipinski definition) is 1. The number of ether oxygens (including phenoxy) is 1. The van der Waals surface area contributed by atoms with Crippen LogP contribution in [0.3, 0.4) is 0 Å². The second-order valence-electron chi connectivity index (χ2n) is 5.57. The molecule has 0 spiro atoms. The summed E-state index contributed by atoms with van der Waals surface area (Å²) in [6.45, 7) is 1.94. The number of amides is 1. The number of carbonyl (C=O) groups is 2. The number of hydrogen-bond acceptors (Lipinski definition) is 3. The summed E-state index contributed by atoms with van der Waals surface area (Å²) in [6.07, 6.45) is 0. The molecular weight excluding hydrogens is 304 g/mol. The van der Waals surface area contributed by atoms with Crippen LogP contribution in [-0.2, 0) is 11.8 Å². The fourth-order valence-corrected chi connectivity index (χ4v) is 2.90. The number of aryl methyl sites for hydroxylation is 2. The standard InChI is InChI=1S/C19H18N2O3/c1-12-15-6-4-5-7-16(15)21(2)17(12)18(22)20-14-10-8-13(9-11-14)19(23)24-3/h4-11H,1-3H3,(H,20,22). The second-order valence-corrected chi connectivity index (χ2v) is 5.57. The van der Waals surface area contributed by atoms with Gasteiger partial charge in [0, 0.05) is 23.6 Å². The van der Waals surface area contributed by atoms with Crippen LogP contribution in [0.15, 0.2) is 48.5 Å². The third kappa shape index (κ3) is 2.65. The highest BCUT2D eigenvalue weighted by Gasteiger charge is 2.18. The number of carbonyl (C=O) groups excluding carboxylic acids is 2. The van der Waals surface area contributed by atoms with Crippen molar-refractivity contribution in [3.05, 3.63) is 65.4 Å². The molecule has 0 saturated carbocycles. The topological polar surface area (TPSA) is 60.3 Å². The maximum absolute atomic E-state index is 12.7.